The van der Waals surface area contributed by atoms with E-state index in [1.807, 2.05) is 0 Å². The van der Waals surface area contributed by atoms with Gasteiger partial charge in [-0.25, -0.2) is 4.79 Å². The lowest BCUT2D eigenvalue weighted by Crippen LogP contribution is -2.31. The van der Waals surface area contributed by atoms with E-state index in [1.165, 1.54) is 0 Å². The van der Waals surface area contributed by atoms with Gasteiger partial charge < -0.3 is 4.74 Å². The molecule has 4 nitrogen and oxygen atoms in total. The second kappa shape index (κ2) is 3.51. The molecule has 0 atom stereocenters. The van der Waals surface area contributed by atoms with Gasteiger partial charge in [0.2, 0.25) is 0 Å². The average Bonchev–Trinajstić information content (AvgIpc) is 3.03. The van der Waals surface area contributed by atoms with Gasteiger partial charge in [0.05, 0.1) is 7.11 Å². The van der Waals surface area contributed by atoms with Crippen molar-refractivity contribution in [2.75, 3.05) is 7.11 Å². The Kier molecular flexibility index (Phi) is 2.58. The van der Waals surface area contributed by atoms with Gasteiger partial charge in [0.1, 0.15) is 12.1 Å². The SMILES string of the molecule is C=C(C1CC1)C(C#N)(C#N)C(=O)OC. The number of hydrogen-bond donors (Lipinski definition) is 0. The van der Waals surface area contributed by atoms with Crippen molar-refractivity contribution in [3.05, 3.63) is 12.2 Å². The number of carbonyl (C=O) groups is 1. The Labute approximate surface area is 82.4 Å². The summed E-state index contributed by atoms with van der Waals surface area (Å²) in [5.41, 5.74) is -1.44. The Morgan fingerprint density at radius 3 is 2.29 bits per heavy atom. The first-order valence-electron chi connectivity index (χ1n) is 4.22. The Bertz CT molecular complexity index is 341. The summed E-state index contributed by atoms with van der Waals surface area (Å²) in [6.45, 7) is 3.65. The molecule has 1 fully saturated rings. The van der Waals surface area contributed by atoms with Crippen molar-refractivity contribution in [2.45, 2.75) is 12.8 Å². The van der Waals surface area contributed by atoms with Crippen molar-refractivity contribution < 1.29 is 9.53 Å². The first-order chi connectivity index (χ1) is 6.62. The van der Waals surface area contributed by atoms with Crippen LogP contribution in [0.4, 0.5) is 0 Å². The van der Waals surface area contributed by atoms with Crippen LogP contribution in [0.15, 0.2) is 12.2 Å². The molecule has 0 bridgehead atoms. The third kappa shape index (κ3) is 1.36. The average molecular weight is 190 g/mol. The summed E-state index contributed by atoms with van der Waals surface area (Å²) in [5.74, 6) is -0.715. The third-order valence-corrected chi connectivity index (χ3v) is 2.38. The van der Waals surface area contributed by atoms with Crippen molar-refractivity contribution in [3.8, 4) is 12.1 Å². The lowest BCUT2D eigenvalue weighted by Gasteiger charge is -2.17. The van der Waals surface area contributed by atoms with Crippen molar-refractivity contribution in [1.29, 1.82) is 10.5 Å². The minimum absolute atomic E-state index is 0.119. The van der Waals surface area contributed by atoms with E-state index >= 15 is 0 Å². The van der Waals surface area contributed by atoms with Gasteiger partial charge in [-0.15, -0.1) is 0 Å². The molecule has 1 aliphatic rings. The Morgan fingerprint density at radius 1 is 1.50 bits per heavy atom. The van der Waals surface area contributed by atoms with Gasteiger partial charge in [0, 0.05) is 0 Å². The minimum Gasteiger partial charge on any atom is -0.467 e. The first-order valence-corrected chi connectivity index (χ1v) is 4.22. The molecule has 0 aromatic carbocycles. The molecule has 1 saturated carbocycles. The van der Waals surface area contributed by atoms with Gasteiger partial charge >= 0.3 is 5.97 Å². The number of ether oxygens (including phenoxy) is 1. The summed E-state index contributed by atoms with van der Waals surface area (Å²) >= 11 is 0. The summed E-state index contributed by atoms with van der Waals surface area (Å²) in [4.78, 5) is 11.3. The maximum Gasteiger partial charge on any atom is 0.345 e. The van der Waals surface area contributed by atoms with E-state index in [2.05, 4.69) is 11.3 Å². The van der Waals surface area contributed by atoms with Gasteiger partial charge in [-0.1, -0.05) is 6.58 Å². The van der Waals surface area contributed by atoms with Crippen LogP contribution in [0, 0.1) is 34.0 Å². The van der Waals surface area contributed by atoms with Crippen LogP contribution in [0.5, 0.6) is 0 Å². The van der Waals surface area contributed by atoms with Crippen LogP contribution >= 0.6 is 0 Å². The number of esters is 1. The Balaban J connectivity index is 3.04. The van der Waals surface area contributed by atoms with E-state index in [0.717, 1.165) is 20.0 Å². The van der Waals surface area contributed by atoms with E-state index in [0.29, 0.717) is 5.57 Å². The fraction of sp³-hybridized carbons (Fsp3) is 0.500. The van der Waals surface area contributed by atoms with Crippen LogP contribution in [0.2, 0.25) is 0 Å². The maximum atomic E-state index is 11.3. The molecule has 0 aliphatic heterocycles. The molecule has 1 rings (SSSR count). The van der Waals surface area contributed by atoms with Crippen LogP contribution in [-0.4, -0.2) is 13.1 Å². The number of nitriles is 2. The molecule has 0 aromatic heterocycles. The van der Waals surface area contributed by atoms with E-state index < -0.39 is 11.4 Å². The highest BCUT2D eigenvalue weighted by Gasteiger charge is 2.48. The predicted octanol–water partition coefficient (Wildman–Crippen LogP) is 1.16. The predicted molar refractivity (Wildman–Crippen MR) is 47.5 cm³/mol. The van der Waals surface area contributed by atoms with Crippen molar-refractivity contribution in [2.24, 2.45) is 11.3 Å². The quantitative estimate of drug-likeness (QED) is 0.494. The van der Waals surface area contributed by atoms with E-state index in [-0.39, 0.29) is 5.92 Å². The van der Waals surface area contributed by atoms with Gasteiger partial charge in [-0.2, -0.15) is 10.5 Å². The molecule has 0 unspecified atom stereocenters. The van der Waals surface area contributed by atoms with Gasteiger partial charge in [-0.05, 0) is 24.3 Å². The third-order valence-electron chi connectivity index (χ3n) is 2.38. The zero-order chi connectivity index (χ0) is 10.8. The lowest BCUT2D eigenvalue weighted by atomic mass is 9.81. The van der Waals surface area contributed by atoms with E-state index in [4.69, 9.17) is 10.5 Å². The molecule has 0 N–H and O–H groups in total. The number of methoxy groups -OCH3 is 1. The maximum absolute atomic E-state index is 11.3. The summed E-state index contributed by atoms with van der Waals surface area (Å²) in [7, 11) is 1.16. The van der Waals surface area contributed by atoms with Crippen LogP contribution < -0.4 is 0 Å². The van der Waals surface area contributed by atoms with E-state index in [1.54, 1.807) is 12.1 Å². The van der Waals surface area contributed by atoms with Crippen LogP contribution in [0.1, 0.15) is 12.8 Å². The monoisotopic (exact) mass is 190 g/mol. The highest BCUT2D eigenvalue weighted by atomic mass is 16.5. The van der Waals surface area contributed by atoms with Crippen molar-refractivity contribution in [1.82, 2.24) is 0 Å². The molecule has 0 heterocycles. The fourth-order valence-electron chi connectivity index (χ4n) is 1.28. The van der Waals surface area contributed by atoms with Crippen molar-refractivity contribution in [3.63, 3.8) is 0 Å². The lowest BCUT2D eigenvalue weighted by molar-refractivity contribution is -0.145. The number of rotatable bonds is 3. The van der Waals surface area contributed by atoms with Crippen molar-refractivity contribution >= 4 is 5.97 Å². The summed E-state index contributed by atoms with van der Waals surface area (Å²) in [6, 6.07) is 3.40. The van der Waals surface area contributed by atoms with Gasteiger partial charge in [0.15, 0.2) is 0 Å². The standard InChI is InChI=1S/C10H10N2O2/c1-7(8-3-4-8)10(5-11,6-12)9(13)14-2/h8H,1,3-4H2,2H3. The molecule has 0 aromatic rings. The smallest absolute Gasteiger partial charge is 0.345 e. The van der Waals surface area contributed by atoms with E-state index in [9.17, 15) is 4.79 Å². The molecule has 1 aliphatic carbocycles. The highest BCUT2D eigenvalue weighted by molar-refractivity contribution is 5.87. The van der Waals surface area contributed by atoms with Crippen LogP contribution in [-0.2, 0) is 9.53 Å². The summed E-state index contributed by atoms with van der Waals surface area (Å²) in [5, 5.41) is 17.8. The first kappa shape index (κ1) is 10.3. The number of nitrogens with zero attached hydrogens (tertiary/aromatic N) is 2. The molecule has 0 saturated heterocycles. The van der Waals surface area contributed by atoms with Gasteiger partial charge in [0.25, 0.3) is 5.41 Å². The molecule has 72 valence electrons. The molecular formula is C10H10N2O2. The van der Waals surface area contributed by atoms with Crippen LogP contribution in [0.3, 0.4) is 0 Å². The highest BCUT2D eigenvalue weighted by Crippen LogP contribution is 2.44. The molecular weight excluding hydrogens is 180 g/mol. The normalized spacial score (nSPS) is 15.1. The molecule has 0 spiro atoms. The molecule has 4 heteroatoms. The Hall–Kier alpha value is -1.81. The molecule has 0 radical (unpaired) electrons. The molecule has 14 heavy (non-hydrogen) atoms. The van der Waals surface area contributed by atoms with Gasteiger partial charge in [-0.3, -0.25) is 0 Å². The zero-order valence-electron chi connectivity index (χ0n) is 7.91. The second-order valence-electron chi connectivity index (χ2n) is 3.26. The Morgan fingerprint density at radius 2 is 2.00 bits per heavy atom. The summed E-state index contributed by atoms with van der Waals surface area (Å²) in [6.07, 6.45) is 1.78. The number of carbonyl (C=O) groups excluding carboxylic acids is 1. The number of hydrogen-bond acceptors (Lipinski definition) is 4. The summed E-state index contributed by atoms with van der Waals surface area (Å²) < 4.78 is 4.45. The molecule has 0 amide bonds. The second-order valence-corrected chi connectivity index (χ2v) is 3.26. The topological polar surface area (TPSA) is 73.9 Å². The largest absolute Gasteiger partial charge is 0.467 e. The minimum atomic E-state index is -1.81. The van der Waals surface area contributed by atoms with Crippen LogP contribution in [0.25, 0.3) is 0 Å². The fourth-order valence-corrected chi connectivity index (χ4v) is 1.28. The zero-order valence-corrected chi connectivity index (χ0v) is 7.91.